The summed E-state index contributed by atoms with van der Waals surface area (Å²) < 4.78 is 22.6. The number of amides is 3. The van der Waals surface area contributed by atoms with Crippen LogP contribution in [0.3, 0.4) is 0 Å². The second kappa shape index (κ2) is 10.3. The van der Waals surface area contributed by atoms with Crippen LogP contribution >= 0.6 is 22.9 Å². The highest BCUT2D eigenvalue weighted by atomic mass is 35.5. The van der Waals surface area contributed by atoms with E-state index >= 15 is 0 Å². The number of ether oxygens (including phenoxy) is 1. The summed E-state index contributed by atoms with van der Waals surface area (Å²) in [6.07, 6.45) is 0.494. The largest absolute Gasteiger partial charge is 0.481 e. The number of nitrogens with zero attached hydrogens (tertiary/aromatic N) is 6. The van der Waals surface area contributed by atoms with Gasteiger partial charge < -0.3 is 24.0 Å². The van der Waals surface area contributed by atoms with Crippen molar-refractivity contribution in [3.63, 3.8) is 0 Å². The van der Waals surface area contributed by atoms with Crippen molar-refractivity contribution in [2.24, 2.45) is 0 Å². The van der Waals surface area contributed by atoms with Crippen molar-refractivity contribution in [2.75, 3.05) is 33.8 Å². The number of pyridine rings is 1. The smallest absolute Gasteiger partial charge is 0.271 e. The third kappa shape index (κ3) is 4.73. The summed E-state index contributed by atoms with van der Waals surface area (Å²) in [5.74, 6) is -0.187. The minimum atomic E-state index is -0.673. The van der Waals surface area contributed by atoms with E-state index in [4.69, 9.17) is 21.3 Å². The van der Waals surface area contributed by atoms with Crippen LogP contribution in [0.1, 0.15) is 45.5 Å². The van der Waals surface area contributed by atoms with Gasteiger partial charge in [-0.25, -0.2) is 14.4 Å². The van der Waals surface area contributed by atoms with Gasteiger partial charge >= 0.3 is 0 Å². The van der Waals surface area contributed by atoms with Gasteiger partial charge in [-0.05, 0) is 23.6 Å². The molecule has 3 aromatic rings. The van der Waals surface area contributed by atoms with Crippen molar-refractivity contribution in [1.82, 2.24) is 29.2 Å². The van der Waals surface area contributed by atoms with Gasteiger partial charge in [0.15, 0.2) is 17.5 Å². The Bertz CT molecular complexity index is 1420. The Balaban J connectivity index is 1.41. The van der Waals surface area contributed by atoms with E-state index in [-0.39, 0.29) is 40.9 Å². The van der Waals surface area contributed by atoms with Crippen LogP contribution in [0.2, 0.25) is 5.15 Å². The number of aromatic nitrogens is 3. The third-order valence-corrected chi connectivity index (χ3v) is 7.91. The number of fused-ring (bicyclic) bond motifs is 3. The van der Waals surface area contributed by atoms with Crippen LogP contribution in [0.25, 0.3) is 0 Å². The Morgan fingerprint density at radius 3 is 2.63 bits per heavy atom. The molecule has 1 unspecified atom stereocenters. The Labute approximate surface area is 227 Å². The van der Waals surface area contributed by atoms with Crippen LogP contribution in [0.5, 0.6) is 5.75 Å². The molecular formula is C25H26ClFN6O4S. The van der Waals surface area contributed by atoms with Crippen LogP contribution in [0.15, 0.2) is 23.6 Å². The lowest BCUT2D eigenvalue weighted by Gasteiger charge is -2.37. The molecule has 0 saturated heterocycles. The van der Waals surface area contributed by atoms with E-state index in [1.165, 1.54) is 41.4 Å². The Morgan fingerprint density at radius 2 is 1.97 bits per heavy atom. The van der Waals surface area contributed by atoms with Gasteiger partial charge in [0.25, 0.3) is 11.8 Å². The average Bonchev–Trinajstić information content (AvgIpc) is 3.49. The van der Waals surface area contributed by atoms with Crippen molar-refractivity contribution < 1.29 is 23.5 Å². The highest BCUT2D eigenvalue weighted by molar-refractivity contribution is 7.10. The summed E-state index contributed by atoms with van der Waals surface area (Å²) in [4.78, 5) is 51.5. The first-order chi connectivity index (χ1) is 18.2. The second-order valence-corrected chi connectivity index (χ2v) is 10.6. The Hall–Kier alpha value is -3.51. The molecule has 200 valence electrons. The predicted octanol–water partition coefficient (Wildman–Crippen LogP) is 2.75. The van der Waals surface area contributed by atoms with Crippen LogP contribution < -0.4 is 4.74 Å². The molecule has 3 aromatic heterocycles. The number of hydrogen-bond acceptors (Lipinski definition) is 7. The lowest BCUT2D eigenvalue weighted by atomic mass is 10.00. The summed E-state index contributed by atoms with van der Waals surface area (Å²) in [5, 5.41) is 1.62. The topological polar surface area (TPSA) is 101 Å². The van der Waals surface area contributed by atoms with Crippen molar-refractivity contribution in [3.8, 4) is 5.75 Å². The highest BCUT2D eigenvalue weighted by Gasteiger charge is 2.40. The molecule has 2 aliphatic heterocycles. The van der Waals surface area contributed by atoms with E-state index in [0.717, 1.165) is 17.2 Å². The Kier molecular flexibility index (Phi) is 7.10. The van der Waals surface area contributed by atoms with E-state index in [0.29, 0.717) is 37.5 Å². The van der Waals surface area contributed by atoms with E-state index in [1.54, 1.807) is 29.3 Å². The fourth-order valence-electron chi connectivity index (χ4n) is 4.80. The molecule has 5 heterocycles. The molecule has 0 bridgehead atoms. The van der Waals surface area contributed by atoms with E-state index in [1.807, 2.05) is 4.57 Å². The molecule has 1 atom stereocenters. The van der Waals surface area contributed by atoms with Gasteiger partial charge in [-0.3, -0.25) is 14.4 Å². The molecule has 2 aliphatic rings. The molecule has 0 fully saturated rings. The molecule has 0 aromatic carbocycles. The predicted molar refractivity (Wildman–Crippen MR) is 138 cm³/mol. The molecule has 0 spiro atoms. The van der Waals surface area contributed by atoms with Gasteiger partial charge in [-0.1, -0.05) is 11.6 Å². The first kappa shape index (κ1) is 26.1. The minimum Gasteiger partial charge on any atom is -0.481 e. The van der Waals surface area contributed by atoms with E-state index < -0.39 is 11.9 Å². The lowest BCUT2D eigenvalue weighted by Crippen LogP contribution is -2.44. The number of thiophene rings is 1. The van der Waals surface area contributed by atoms with E-state index in [9.17, 15) is 18.8 Å². The van der Waals surface area contributed by atoms with Crippen LogP contribution in [-0.2, 0) is 29.1 Å². The molecule has 3 amide bonds. The average molecular weight is 561 g/mol. The zero-order chi connectivity index (χ0) is 27.1. The highest BCUT2D eigenvalue weighted by Crippen LogP contribution is 2.40. The third-order valence-electron chi connectivity index (χ3n) is 6.70. The standard InChI is InChI=1S/C25H26ClFN6O4S/c1-14(34)31-9-10-32-19(12-31)28-16-6-8-33(22(21(16)32)23-15(27)7-11-38-23)20(35)13-37-18-5-4-17(29-24(18)26)25(36)30(2)3/h4-5,7,11,22H,6,8-10,12-13H2,1-3H3. The van der Waals surface area contributed by atoms with Gasteiger partial charge in [0, 0.05) is 47.1 Å². The number of carbonyl (C=O) groups excluding carboxylic acids is 3. The van der Waals surface area contributed by atoms with Gasteiger partial charge in [0.05, 0.1) is 22.8 Å². The van der Waals surface area contributed by atoms with Crippen LogP contribution in [0.4, 0.5) is 4.39 Å². The van der Waals surface area contributed by atoms with Crippen molar-refractivity contribution in [3.05, 3.63) is 62.3 Å². The maximum Gasteiger partial charge on any atom is 0.271 e. The summed E-state index contributed by atoms with van der Waals surface area (Å²) >= 11 is 7.47. The first-order valence-electron chi connectivity index (χ1n) is 12.0. The maximum atomic E-state index is 14.9. The SMILES string of the molecule is CC(=O)N1CCn2c(nc3c2C(c2sccc2F)N(C(=O)COc2ccc(C(=O)N(C)C)nc2Cl)CC3)C1. The van der Waals surface area contributed by atoms with Gasteiger partial charge in [-0.2, -0.15) is 0 Å². The maximum absolute atomic E-state index is 14.9. The summed E-state index contributed by atoms with van der Waals surface area (Å²) in [6.45, 7) is 2.90. The number of carbonyl (C=O) groups is 3. The molecule has 0 aliphatic carbocycles. The summed E-state index contributed by atoms with van der Waals surface area (Å²) in [5.41, 5.74) is 1.74. The zero-order valence-electron chi connectivity index (χ0n) is 21.1. The van der Waals surface area contributed by atoms with Crippen molar-refractivity contribution in [2.45, 2.75) is 32.5 Å². The quantitative estimate of drug-likeness (QED) is 0.445. The first-order valence-corrected chi connectivity index (χ1v) is 13.3. The monoisotopic (exact) mass is 560 g/mol. The fraction of sp³-hybridized carbons (Fsp3) is 0.400. The molecule has 0 saturated carbocycles. The number of hydrogen-bond donors (Lipinski definition) is 0. The van der Waals surface area contributed by atoms with Gasteiger partial charge in [0.1, 0.15) is 23.4 Å². The molecule has 0 N–H and O–H groups in total. The molecule has 0 radical (unpaired) electrons. The van der Waals surface area contributed by atoms with Crippen LogP contribution in [0, 0.1) is 5.82 Å². The van der Waals surface area contributed by atoms with Crippen molar-refractivity contribution in [1.29, 1.82) is 0 Å². The molecular weight excluding hydrogens is 535 g/mol. The number of rotatable bonds is 5. The Morgan fingerprint density at radius 1 is 1.18 bits per heavy atom. The summed E-state index contributed by atoms with van der Waals surface area (Å²) in [7, 11) is 3.21. The summed E-state index contributed by atoms with van der Waals surface area (Å²) in [6, 6.07) is 3.70. The zero-order valence-corrected chi connectivity index (χ0v) is 22.7. The van der Waals surface area contributed by atoms with Crippen molar-refractivity contribution >= 4 is 40.7 Å². The normalized spacial score (nSPS) is 16.6. The minimum absolute atomic E-state index is 0.0284. The number of halogens is 2. The van der Waals surface area contributed by atoms with E-state index in [2.05, 4.69) is 4.98 Å². The van der Waals surface area contributed by atoms with Gasteiger partial charge in [-0.15, -0.1) is 11.3 Å². The van der Waals surface area contributed by atoms with Gasteiger partial charge in [0.2, 0.25) is 5.91 Å². The lowest BCUT2D eigenvalue weighted by molar-refractivity contribution is -0.135. The molecule has 10 nitrogen and oxygen atoms in total. The molecule has 13 heteroatoms. The molecule has 38 heavy (non-hydrogen) atoms. The fourth-order valence-corrected chi connectivity index (χ4v) is 5.90. The number of imidazole rings is 1. The second-order valence-electron chi connectivity index (χ2n) is 9.30. The van der Waals surface area contributed by atoms with Crippen LogP contribution in [-0.4, -0.2) is 80.7 Å². The molecule has 5 rings (SSSR count).